The number of aromatic nitrogens is 1. The number of hydrogen-bond acceptors (Lipinski definition) is 5. The van der Waals surface area contributed by atoms with Crippen molar-refractivity contribution in [2.24, 2.45) is 0 Å². The molecule has 9 heteroatoms. The minimum atomic E-state index is -0.310. The second kappa shape index (κ2) is 6.53. The number of amides is 1. The van der Waals surface area contributed by atoms with Gasteiger partial charge in [-0.15, -0.1) is 0 Å². The third kappa shape index (κ3) is 3.10. The summed E-state index contributed by atoms with van der Waals surface area (Å²) < 4.78 is 11.0. The van der Waals surface area contributed by atoms with Gasteiger partial charge in [0.1, 0.15) is 0 Å². The van der Waals surface area contributed by atoms with E-state index in [1.807, 2.05) is 0 Å². The van der Waals surface area contributed by atoms with Crippen LogP contribution in [0.3, 0.4) is 0 Å². The van der Waals surface area contributed by atoms with Crippen molar-refractivity contribution in [3.63, 3.8) is 0 Å². The Morgan fingerprint density at radius 1 is 1.43 bits per heavy atom. The number of pyridine rings is 1. The van der Waals surface area contributed by atoms with Crippen LogP contribution in [0.2, 0.25) is 0 Å². The van der Waals surface area contributed by atoms with Gasteiger partial charge in [-0.05, 0) is 32.7 Å². The second-order valence-corrected chi connectivity index (χ2v) is 6.48. The highest BCUT2D eigenvalue weighted by atomic mass is 31.0. The molecule has 4 atom stereocenters. The molecule has 7 nitrogen and oxygen atoms in total. The molecule has 2 bridgehead atoms. The Labute approximate surface area is 138 Å². The van der Waals surface area contributed by atoms with Crippen molar-refractivity contribution in [3.8, 4) is 11.5 Å². The van der Waals surface area contributed by atoms with Crippen LogP contribution in [0.4, 0.5) is 0 Å². The van der Waals surface area contributed by atoms with E-state index in [4.69, 9.17) is 9.18 Å². The number of fused-ring (bicyclic) bond motifs is 2. The van der Waals surface area contributed by atoms with Crippen molar-refractivity contribution in [2.45, 2.75) is 43.8 Å². The fraction of sp³-hybridized carbons (Fsp3) is 0.571. The average Bonchev–Trinajstić information content (AvgIpc) is 2.75. The van der Waals surface area contributed by atoms with E-state index in [1.165, 1.54) is 33.2 Å². The van der Waals surface area contributed by atoms with Crippen LogP contribution in [0.15, 0.2) is 12.3 Å². The molecular weight excluding hydrogens is 316 g/mol. The monoisotopic (exact) mass is 338 g/mol. The summed E-state index contributed by atoms with van der Waals surface area (Å²) in [5, 5.41) is 13.0. The van der Waals surface area contributed by atoms with Crippen LogP contribution in [0.1, 0.15) is 36.2 Å². The van der Waals surface area contributed by atoms with Crippen molar-refractivity contribution in [3.05, 3.63) is 18.0 Å². The van der Waals surface area contributed by atoms with Crippen molar-refractivity contribution < 1.29 is 23.9 Å². The highest BCUT2D eigenvalue weighted by Gasteiger charge is 2.39. The summed E-state index contributed by atoms with van der Waals surface area (Å²) in [6, 6.07) is 2.70. The number of piperidine rings is 1. The second-order valence-electron chi connectivity index (χ2n) is 6.25. The molecule has 0 radical (unpaired) electrons. The van der Waals surface area contributed by atoms with Gasteiger partial charge in [0.25, 0.3) is 6.20 Å². The van der Waals surface area contributed by atoms with Crippen LogP contribution in [0.25, 0.3) is 0 Å². The van der Waals surface area contributed by atoms with Gasteiger partial charge in [-0.3, -0.25) is 10.0 Å². The third-order valence-electron chi connectivity index (χ3n) is 5.01. The number of hydrogen-bond donors (Lipinski definition) is 2. The molecule has 1 amide bonds. The molecule has 0 aromatic carbocycles. The van der Waals surface area contributed by atoms with Crippen LogP contribution in [0, 0.1) is 0 Å². The third-order valence-corrected chi connectivity index (χ3v) is 5.26. The van der Waals surface area contributed by atoms with E-state index >= 15 is 0 Å². The van der Waals surface area contributed by atoms with E-state index < -0.39 is 0 Å². The molecule has 124 valence electrons. The molecule has 0 aliphatic carbocycles. The largest absolute Gasteiger partial charge is 0.565 e. The molecule has 2 saturated heterocycles. The van der Waals surface area contributed by atoms with Crippen LogP contribution in [0.5, 0.6) is 11.5 Å². The summed E-state index contributed by atoms with van der Waals surface area (Å²) in [6.07, 6.45) is 5.60. The van der Waals surface area contributed by atoms with Crippen LogP contribution < -0.4 is 19.2 Å². The molecule has 2 aliphatic heterocycles. The van der Waals surface area contributed by atoms with E-state index in [-0.39, 0.29) is 17.6 Å². The Kier molecular flexibility index (Phi) is 4.64. The van der Waals surface area contributed by atoms with Crippen LogP contribution >= 0.6 is 9.47 Å². The van der Waals surface area contributed by atoms with E-state index in [2.05, 4.69) is 26.7 Å². The van der Waals surface area contributed by atoms with Gasteiger partial charge in [-0.25, -0.2) is 0 Å². The molecule has 2 fully saturated rings. The Hall–Kier alpha value is -1.53. The number of carbonyl (C=O) groups excluding carboxylic acids is 1. The molecule has 3 heterocycles. The lowest BCUT2D eigenvalue weighted by Gasteiger charge is -2.36. The Bertz CT molecular complexity index is 604. The van der Waals surface area contributed by atoms with Crippen LogP contribution in [-0.2, 0) is 0 Å². The number of carbonyl (C=O) groups is 1. The molecule has 1 aromatic rings. The topological polar surface area (TPSA) is 74.9 Å². The van der Waals surface area contributed by atoms with E-state index in [0.717, 1.165) is 17.6 Å². The molecule has 1 aromatic heterocycles. The highest BCUT2D eigenvalue weighted by Crippen LogP contribution is 2.34. The minimum absolute atomic E-state index is 0.124. The van der Waals surface area contributed by atoms with Crippen molar-refractivity contribution in [2.75, 3.05) is 7.05 Å². The maximum absolute atomic E-state index is 12.5. The number of nitrogens with one attached hydrogen (secondary N) is 1. The summed E-state index contributed by atoms with van der Waals surface area (Å²) in [7, 11) is 5.73. The Balaban J connectivity index is 1.74. The normalized spacial score (nSPS) is 26.8. The summed E-state index contributed by atoms with van der Waals surface area (Å²) in [5.74, 6) is 0.405. The zero-order chi connectivity index (χ0) is 16.6. The summed E-state index contributed by atoms with van der Waals surface area (Å²) in [4.78, 5) is 14.9. The maximum Gasteiger partial charge on any atom is 0.325 e. The lowest BCUT2D eigenvalue weighted by atomic mass is 9.98. The molecule has 2 aliphatic rings. The Morgan fingerprint density at radius 3 is 2.65 bits per heavy atom. The van der Waals surface area contributed by atoms with Gasteiger partial charge in [0.2, 0.25) is 5.75 Å². The highest BCUT2D eigenvalue weighted by molar-refractivity contribution is 7.10. The molecule has 0 saturated carbocycles. The van der Waals surface area contributed by atoms with Gasteiger partial charge in [-0.1, -0.05) is 0 Å². The molecular formula is C14H22BN3O4P+. The first-order valence-electron chi connectivity index (χ1n) is 7.76. The van der Waals surface area contributed by atoms with Gasteiger partial charge in [0, 0.05) is 22.9 Å². The molecule has 0 spiro atoms. The SMILES string of the molecule is BOc1cc(C(=O)N[C@H]2C[C@H]3CC[C@@H](C2)N3C)[n+](O)cc1OP. The number of rotatable bonds is 4. The number of nitrogens with zero attached hydrogens (tertiary/aromatic N) is 2. The van der Waals surface area contributed by atoms with E-state index in [1.54, 1.807) is 0 Å². The zero-order valence-corrected chi connectivity index (χ0v) is 14.5. The molecule has 23 heavy (non-hydrogen) atoms. The van der Waals surface area contributed by atoms with Gasteiger partial charge in [-0.2, -0.15) is 0 Å². The lowest BCUT2D eigenvalue weighted by molar-refractivity contribution is -0.905. The summed E-state index contributed by atoms with van der Waals surface area (Å²) >= 11 is 0. The summed E-state index contributed by atoms with van der Waals surface area (Å²) in [5.41, 5.74) is 0.124. The lowest BCUT2D eigenvalue weighted by Crippen LogP contribution is -2.51. The van der Waals surface area contributed by atoms with Gasteiger partial charge in [0.15, 0.2) is 5.75 Å². The van der Waals surface area contributed by atoms with Crippen LogP contribution in [-0.4, -0.2) is 49.2 Å². The van der Waals surface area contributed by atoms with Crippen molar-refractivity contribution in [1.29, 1.82) is 0 Å². The molecule has 1 unspecified atom stereocenters. The smallest absolute Gasteiger partial charge is 0.325 e. The van der Waals surface area contributed by atoms with Gasteiger partial charge in [0.05, 0.1) is 15.5 Å². The first-order chi connectivity index (χ1) is 11.0. The van der Waals surface area contributed by atoms with E-state index in [0.29, 0.717) is 23.6 Å². The first-order valence-corrected chi connectivity index (χ1v) is 8.23. The summed E-state index contributed by atoms with van der Waals surface area (Å²) in [6.45, 7) is 0. The fourth-order valence-electron chi connectivity index (χ4n) is 3.71. The molecule has 2 N–H and O–H groups in total. The predicted molar refractivity (Wildman–Crippen MR) is 88.4 cm³/mol. The van der Waals surface area contributed by atoms with Crippen molar-refractivity contribution >= 4 is 23.4 Å². The van der Waals surface area contributed by atoms with E-state index in [9.17, 15) is 10.0 Å². The molecule has 3 rings (SSSR count). The fourth-order valence-corrected chi connectivity index (χ4v) is 3.89. The van der Waals surface area contributed by atoms with Gasteiger partial charge >= 0.3 is 19.7 Å². The van der Waals surface area contributed by atoms with Gasteiger partial charge < -0.3 is 19.4 Å². The quantitative estimate of drug-likeness (QED) is 0.340. The zero-order valence-electron chi connectivity index (χ0n) is 13.4. The minimum Gasteiger partial charge on any atom is -0.565 e. The maximum atomic E-state index is 12.5. The Morgan fingerprint density at radius 2 is 2.09 bits per heavy atom. The predicted octanol–water partition coefficient (Wildman–Crippen LogP) is -0.338. The standard InChI is InChI=1S/C14H21BN3O4P/c1-17-9-2-3-10(17)5-8(4-9)16-14(19)11-6-12(21-15)13(22-23)7-18(11)20/h6-10H,2-5,15,23H2,1H3,(H-,16,19,20)/p+1/t8-,9+,10-. The average molecular weight is 338 g/mol. The first kappa shape index (κ1) is 16.3. The van der Waals surface area contributed by atoms with Crippen molar-refractivity contribution in [1.82, 2.24) is 10.2 Å².